The van der Waals surface area contributed by atoms with E-state index in [0.29, 0.717) is 11.3 Å². The van der Waals surface area contributed by atoms with Crippen LogP contribution in [-0.2, 0) is 6.42 Å². The molecule has 0 bridgehead atoms. The van der Waals surface area contributed by atoms with E-state index in [4.69, 9.17) is 0 Å². The van der Waals surface area contributed by atoms with Crippen molar-refractivity contribution in [1.29, 1.82) is 0 Å². The third-order valence-corrected chi connectivity index (χ3v) is 4.95. The standard InChI is InChI=1S/C13H23N3S/c1-13(2)8-4-6-10(13)12-16-15-11(17-12)7-5-9-14-3/h10,14H,4-9H2,1-3H3. The first-order valence-corrected chi connectivity index (χ1v) is 7.42. The molecule has 3 nitrogen and oxygen atoms in total. The quantitative estimate of drug-likeness (QED) is 0.820. The molecule has 17 heavy (non-hydrogen) atoms. The van der Waals surface area contributed by atoms with Crippen LogP contribution in [0.2, 0.25) is 0 Å². The van der Waals surface area contributed by atoms with Crippen molar-refractivity contribution in [2.75, 3.05) is 13.6 Å². The van der Waals surface area contributed by atoms with Crippen LogP contribution in [0.15, 0.2) is 0 Å². The maximum atomic E-state index is 4.42. The predicted molar refractivity (Wildman–Crippen MR) is 72.5 cm³/mol. The number of hydrogen-bond donors (Lipinski definition) is 1. The first kappa shape index (κ1) is 13.0. The number of aryl methyl sites for hydroxylation is 1. The number of nitrogens with zero attached hydrogens (tertiary/aromatic N) is 2. The zero-order valence-electron chi connectivity index (χ0n) is 11.1. The van der Waals surface area contributed by atoms with Crippen molar-refractivity contribution in [2.45, 2.75) is 51.9 Å². The number of rotatable bonds is 5. The van der Waals surface area contributed by atoms with Gasteiger partial charge in [-0.05, 0) is 38.3 Å². The van der Waals surface area contributed by atoms with Crippen LogP contribution in [0.4, 0.5) is 0 Å². The lowest BCUT2D eigenvalue weighted by Gasteiger charge is -2.24. The molecule has 4 heteroatoms. The maximum Gasteiger partial charge on any atom is 0.121 e. The van der Waals surface area contributed by atoms with Crippen molar-refractivity contribution in [3.8, 4) is 0 Å². The zero-order chi connectivity index (χ0) is 12.3. The maximum absolute atomic E-state index is 4.42. The Morgan fingerprint density at radius 1 is 1.41 bits per heavy atom. The lowest BCUT2D eigenvalue weighted by Crippen LogP contribution is -2.15. The Kier molecular flexibility index (Phi) is 4.15. The van der Waals surface area contributed by atoms with Crippen LogP contribution >= 0.6 is 11.3 Å². The Morgan fingerprint density at radius 3 is 2.88 bits per heavy atom. The minimum Gasteiger partial charge on any atom is -0.320 e. The highest BCUT2D eigenvalue weighted by molar-refractivity contribution is 7.11. The molecule has 96 valence electrons. The van der Waals surface area contributed by atoms with Gasteiger partial charge in [-0.15, -0.1) is 21.5 Å². The van der Waals surface area contributed by atoms with Gasteiger partial charge in [0, 0.05) is 12.3 Å². The van der Waals surface area contributed by atoms with Crippen molar-refractivity contribution in [3.63, 3.8) is 0 Å². The van der Waals surface area contributed by atoms with E-state index in [2.05, 4.69) is 29.4 Å². The molecule has 0 spiro atoms. The van der Waals surface area contributed by atoms with E-state index in [1.807, 2.05) is 18.4 Å². The summed E-state index contributed by atoms with van der Waals surface area (Å²) in [6.07, 6.45) is 6.17. The summed E-state index contributed by atoms with van der Waals surface area (Å²) in [5.41, 5.74) is 0.418. The third kappa shape index (κ3) is 3.05. The van der Waals surface area contributed by atoms with E-state index in [-0.39, 0.29) is 0 Å². The van der Waals surface area contributed by atoms with Gasteiger partial charge in [-0.25, -0.2) is 0 Å². The molecule has 1 atom stereocenters. The summed E-state index contributed by atoms with van der Waals surface area (Å²) < 4.78 is 0. The van der Waals surface area contributed by atoms with Gasteiger partial charge in [0.1, 0.15) is 10.0 Å². The van der Waals surface area contributed by atoms with Gasteiger partial charge in [-0.2, -0.15) is 0 Å². The predicted octanol–water partition coefficient (Wildman–Crippen LogP) is 2.98. The van der Waals surface area contributed by atoms with E-state index >= 15 is 0 Å². The Hall–Kier alpha value is -0.480. The van der Waals surface area contributed by atoms with Gasteiger partial charge in [0.25, 0.3) is 0 Å². The number of nitrogens with one attached hydrogen (secondary N) is 1. The Morgan fingerprint density at radius 2 is 2.24 bits per heavy atom. The molecule has 0 saturated heterocycles. The fourth-order valence-corrected chi connectivity index (χ4v) is 3.94. The van der Waals surface area contributed by atoms with Gasteiger partial charge < -0.3 is 5.32 Å². The van der Waals surface area contributed by atoms with Crippen molar-refractivity contribution < 1.29 is 0 Å². The third-order valence-electron chi connectivity index (χ3n) is 3.86. The summed E-state index contributed by atoms with van der Waals surface area (Å²) in [7, 11) is 1.99. The summed E-state index contributed by atoms with van der Waals surface area (Å²) in [5, 5.41) is 14.4. The lowest BCUT2D eigenvalue weighted by atomic mass is 9.82. The Bertz CT molecular complexity index is 359. The van der Waals surface area contributed by atoms with Crippen LogP contribution in [0.25, 0.3) is 0 Å². The molecule has 1 aromatic rings. The van der Waals surface area contributed by atoms with Crippen molar-refractivity contribution in [2.24, 2.45) is 5.41 Å². The monoisotopic (exact) mass is 253 g/mol. The molecule has 0 aromatic carbocycles. The van der Waals surface area contributed by atoms with E-state index < -0.39 is 0 Å². The molecule has 0 amide bonds. The summed E-state index contributed by atoms with van der Waals surface area (Å²) in [4.78, 5) is 0. The highest BCUT2D eigenvalue weighted by atomic mass is 32.1. The highest BCUT2D eigenvalue weighted by Crippen LogP contribution is 2.49. The zero-order valence-corrected chi connectivity index (χ0v) is 11.9. The molecule has 1 unspecified atom stereocenters. The number of aromatic nitrogens is 2. The molecular weight excluding hydrogens is 230 g/mol. The first-order chi connectivity index (χ1) is 8.13. The lowest BCUT2D eigenvalue weighted by molar-refractivity contribution is 0.330. The Labute approximate surface area is 108 Å². The second-order valence-corrected chi connectivity index (χ2v) is 6.77. The van der Waals surface area contributed by atoms with Gasteiger partial charge in [0.15, 0.2) is 0 Å². The molecule has 1 fully saturated rings. The summed E-state index contributed by atoms with van der Waals surface area (Å²) in [5.74, 6) is 0.637. The van der Waals surface area contributed by atoms with Crippen LogP contribution in [0.3, 0.4) is 0 Å². The molecule has 1 saturated carbocycles. The topological polar surface area (TPSA) is 37.8 Å². The summed E-state index contributed by atoms with van der Waals surface area (Å²) in [6, 6.07) is 0. The molecule has 0 radical (unpaired) electrons. The summed E-state index contributed by atoms with van der Waals surface area (Å²) >= 11 is 1.83. The largest absolute Gasteiger partial charge is 0.320 e. The normalized spacial score (nSPS) is 23.1. The van der Waals surface area contributed by atoms with Crippen LogP contribution in [0.5, 0.6) is 0 Å². The van der Waals surface area contributed by atoms with E-state index in [0.717, 1.165) is 19.4 Å². The molecule has 1 aromatic heterocycles. The molecule has 1 heterocycles. The van der Waals surface area contributed by atoms with Gasteiger partial charge in [-0.3, -0.25) is 0 Å². The molecule has 1 N–H and O–H groups in total. The van der Waals surface area contributed by atoms with Gasteiger partial charge >= 0.3 is 0 Å². The fourth-order valence-electron chi connectivity index (χ4n) is 2.71. The number of hydrogen-bond acceptors (Lipinski definition) is 4. The van der Waals surface area contributed by atoms with Crippen LogP contribution in [0, 0.1) is 5.41 Å². The SMILES string of the molecule is CNCCCc1nnc(C2CCCC2(C)C)s1. The average molecular weight is 253 g/mol. The molecular formula is C13H23N3S. The second-order valence-electron chi connectivity index (χ2n) is 5.67. The van der Waals surface area contributed by atoms with E-state index in [1.165, 1.54) is 29.3 Å². The van der Waals surface area contributed by atoms with E-state index in [1.54, 1.807) is 0 Å². The van der Waals surface area contributed by atoms with Crippen molar-refractivity contribution in [3.05, 3.63) is 10.0 Å². The minimum atomic E-state index is 0.418. The van der Waals surface area contributed by atoms with Gasteiger partial charge in [0.05, 0.1) is 0 Å². The molecule has 2 rings (SSSR count). The fraction of sp³-hybridized carbons (Fsp3) is 0.846. The molecule has 1 aliphatic carbocycles. The van der Waals surface area contributed by atoms with Crippen molar-refractivity contribution in [1.82, 2.24) is 15.5 Å². The average Bonchev–Trinajstić information content (AvgIpc) is 2.85. The van der Waals surface area contributed by atoms with Crippen LogP contribution in [-0.4, -0.2) is 23.8 Å². The summed E-state index contributed by atoms with van der Waals surface area (Å²) in [6.45, 7) is 5.79. The van der Waals surface area contributed by atoms with E-state index in [9.17, 15) is 0 Å². The smallest absolute Gasteiger partial charge is 0.121 e. The Balaban J connectivity index is 1.98. The first-order valence-electron chi connectivity index (χ1n) is 6.60. The highest BCUT2D eigenvalue weighted by Gasteiger charge is 2.37. The van der Waals surface area contributed by atoms with Gasteiger partial charge in [0.2, 0.25) is 0 Å². The molecule has 0 aliphatic heterocycles. The molecule has 1 aliphatic rings. The minimum absolute atomic E-state index is 0.418. The van der Waals surface area contributed by atoms with Crippen LogP contribution < -0.4 is 5.32 Å². The van der Waals surface area contributed by atoms with Crippen LogP contribution in [0.1, 0.15) is 55.5 Å². The van der Waals surface area contributed by atoms with Gasteiger partial charge in [-0.1, -0.05) is 20.3 Å². The van der Waals surface area contributed by atoms with Crippen molar-refractivity contribution >= 4 is 11.3 Å². The second kappa shape index (κ2) is 5.44.